The summed E-state index contributed by atoms with van der Waals surface area (Å²) >= 11 is 0. The largest absolute Gasteiger partial charge is 0.493 e. The predicted molar refractivity (Wildman–Crippen MR) is 61.7 cm³/mol. The van der Waals surface area contributed by atoms with Gasteiger partial charge in [0.1, 0.15) is 0 Å². The lowest BCUT2D eigenvalue weighted by atomic mass is 9.97. The van der Waals surface area contributed by atoms with Crippen LogP contribution in [0.1, 0.15) is 24.2 Å². The van der Waals surface area contributed by atoms with Crippen molar-refractivity contribution in [1.29, 1.82) is 0 Å². The maximum absolute atomic E-state index is 13.5. The topological polar surface area (TPSA) is 76.0 Å². The minimum atomic E-state index is -3.33. The van der Waals surface area contributed by atoms with Gasteiger partial charge in [-0.2, -0.15) is 0 Å². The number of benzene rings is 1. The molecule has 5 nitrogen and oxygen atoms in total. The third-order valence-corrected chi connectivity index (χ3v) is 2.56. The van der Waals surface area contributed by atoms with Crippen molar-refractivity contribution >= 4 is 5.97 Å². The minimum absolute atomic E-state index is 0.0281. The summed E-state index contributed by atoms with van der Waals surface area (Å²) in [6, 6.07) is 1.99. The number of carboxylic acid groups (broad SMARTS) is 1. The van der Waals surface area contributed by atoms with Gasteiger partial charge in [0, 0.05) is 18.1 Å². The number of hydrogen-bond acceptors (Lipinski definition) is 4. The molecule has 0 saturated heterocycles. The van der Waals surface area contributed by atoms with E-state index in [4.69, 9.17) is 14.6 Å². The van der Waals surface area contributed by atoms with E-state index in [0.29, 0.717) is 6.92 Å². The summed E-state index contributed by atoms with van der Waals surface area (Å²) in [5.41, 5.74) is -1.06. The van der Waals surface area contributed by atoms with Crippen LogP contribution in [0.5, 0.6) is 11.5 Å². The quantitative estimate of drug-likeness (QED) is 0.859. The number of hydrogen-bond donors (Lipinski definition) is 2. The average Bonchev–Trinajstić information content (AvgIpc) is 2.34. The maximum Gasteiger partial charge on any atom is 0.337 e. The first-order chi connectivity index (χ1) is 8.72. The molecule has 1 rings (SSSR count). The van der Waals surface area contributed by atoms with Crippen molar-refractivity contribution in [3.63, 3.8) is 0 Å². The summed E-state index contributed by atoms with van der Waals surface area (Å²) in [7, 11) is 2.54. The molecule has 0 aliphatic rings. The molecule has 106 valence electrons. The zero-order valence-electron chi connectivity index (χ0n) is 10.6. The van der Waals surface area contributed by atoms with E-state index in [1.807, 2.05) is 0 Å². The Hall–Kier alpha value is -1.89. The number of carbonyl (C=O) groups is 1. The molecule has 0 aliphatic heterocycles. The Kier molecular flexibility index (Phi) is 4.31. The zero-order chi connectivity index (χ0) is 14.8. The Morgan fingerprint density at radius 3 is 2.11 bits per heavy atom. The van der Waals surface area contributed by atoms with Gasteiger partial charge in [-0.3, -0.25) is 0 Å². The third kappa shape index (κ3) is 3.11. The molecule has 2 N–H and O–H groups in total. The molecular weight excluding hydrogens is 262 g/mol. The van der Waals surface area contributed by atoms with Gasteiger partial charge >= 0.3 is 5.97 Å². The lowest BCUT2D eigenvalue weighted by Crippen LogP contribution is -2.18. The summed E-state index contributed by atoms with van der Waals surface area (Å²) in [6.45, 7) is 0.603. The van der Waals surface area contributed by atoms with Crippen LogP contribution in [0.25, 0.3) is 0 Å². The van der Waals surface area contributed by atoms with Crippen LogP contribution in [0.3, 0.4) is 0 Å². The number of methoxy groups -OCH3 is 2. The van der Waals surface area contributed by atoms with Crippen molar-refractivity contribution in [2.45, 2.75) is 19.0 Å². The van der Waals surface area contributed by atoms with Gasteiger partial charge in [-0.1, -0.05) is 0 Å². The molecule has 1 aromatic carbocycles. The molecule has 19 heavy (non-hydrogen) atoms. The summed E-state index contributed by atoms with van der Waals surface area (Å²) in [5, 5.41) is 18.2. The molecule has 1 unspecified atom stereocenters. The first-order valence-electron chi connectivity index (χ1n) is 5.27. The molecule has 0 amide bonds. The van der Waals surface area contributed by atoms with Crippen LogP contribution >= 0.6 is 0 Å². The zero-order valence-corrected chi connectivity index (χ0v) is 10.6. The highest BCUT2D eigenvalue weighted by atomic mass is 19.3. The highest BCUT2D eigenvalue weighted by molar-refractivity contribution is 5.75. The highest BCUT2D eigenvalue weighted by Crippen LogP contribution is 2.40. The molecule has 1 atom stereocenters. The van der Waals surface area contributed by atoms with Crippen molar-refractivity contribution in [3.05, 3.63) is 23.3 Å². The van der Waals surface area contributed by atoms with E-state index in [9.17, 15) is 18.7 Å². The Labute approximate surface area is 108 Å². The second-order valence-corrected chi connectivity index (χ2v) is 3.92. The van der Waals surface area contributed by atoms with Crippen LogP contribution in [-0.2, 0) is 10.7 Å². The van der Waals surface area contributed by atoms with E-state index in [0.717, 1.165) is 12.1 Å². The first-order valence-corrected chi connectivity index (χ1v) is 5.27. The third-order valence-electron chi connectivity index (χ3n) is 2.56. The lowest BCUT2D eigenvalue weighted by molar-refractivity contribution is -0.147. The van der Waals surface area contributed by atoms with E-state index < -0.39 is 29.1 Å². The van der Waals surface area contributed by atoms with Crippen molar-refractivity contribution in [2.24, 2.45) is 0 Å². The highest BCUT2D eigenvalue weighted by Gasteiger charge is 2.33. The summed E-state index contributed by atoms with van der Waals surface area (Å²) in [5.74, 6) is -4.87. The number of halogens is 2. The summed E-state index contributed by atoms with van der Waals surface area (Å²) in [4.78, 5) is 10.8. The van der Waals surface area contributed by atoms with Crippen molar-refractivity contribution in [1.82, 2.24) is 0 Å². The molecule has 0 radical (unpaired) electrons. The summed E-state index contributed by atoms with van der Waals surface area (Å²) < 4.78 is 36.8. The molecule has 0 bridgehead atoms. The van der Waals surface area contributed by atoms with Gasteiger partial charge in [-0.25, -0.2) is 13.6 Å². The van der Waals surface area contributed by atoms with Gasteiger partial charge in [0.05, 0.1) is 14.2 Å². The van der Waals surface area contributed by atoms with E-state index >= 15 is 0 Å². The first kappa shape index (κ1) is 15.2. The minimum Gasteiger partial charge on any atom is -0.493 e. The summed E-state index contributed by atoms with van der Waals surface area (Å²) in [6.07, 6.45) is -2.07. The number of rotatable bonds is 5. The number of aliphatic hydroxyl groups excluding tert-OH is 1. The molecule has 1 aromatic rings. The van der Waals surface area contributed by atoms with Crippen LogP contribution in [0.4, 0.5) is 8.78 Å². The molecule has 0 aliphatic carbocycles. The van der Waals surface area contributed by atoms with E-state index in [1.165, 1.54) is 14.2 Å². The molecule has 0 heterocycles. The molecule has 0 fully saturated rings. The Bertz CT molecular complexity index is 482. The number of ether oxygens (including phenoxy) is 2. The second kappa shape index (κ2) is 5.40. The van der Waals surface area contributed by atoms with Gasteiger partial charge in [-0.15, -0.1) is 0 Å². The van der Waals surface area contributed by atoms with Crippen molar-refractivity contribution in [2.75, 3.05) is 14.2 Å². The fraction of sp³-hybridized carbons (Fsp3) is 0.417. The maximum atomic E-state index is 13.5. The van der Waals surface area contributed by atoms with Gasteiger partial charge in [-0.05, 0) is 12.1 Å². The van der Waals surface area contributed by atoms with E-state index in [-0.39, 0.29) is 11.5 Å². The molecule has 0 spiro atoms. The van der Waals surface area contributed by atoms with Crippen LogP contribution in [0, 0.1) is 0 Å². The van der Waals surface area contributed by atoms with Crippen molar-refractivity contribution < 1.29 is 33.3 Å². The van der Waals surface area contributed by atoms with Gasteiger partial charge < -0.3 is 19.7 Å². The van der Waals surface area contributed by atoms with Crippen LogP contribution in [0.2, 0.25) is 0 Å². The number of alkyl halides is 2. The number of aliphatic carboxylic acids is 1. The van der Waals surface area contributed by atoms with Gasteiger partial charge in [0.25, 0.3) is 5.92 Å². The van der Waals surface area contributed by atoms with E-state index in [1.54, 1.807) is 0 Å². The van der Waals surface area contributed by atoms with Crippen LogP contribution in [-0.4, -0.2) is 30.4 Å². The smallest absolute Gasteiger partial charge is 0.337 e. The Morgan fingerprint density at radius 2 is 1.74 bits per heavy atom. The Morgan fingerprint density at radius 1 is 1.26 bits per heavy atom. The van der Waals surface area contributed by atoms with Crippen molar-refractivity contribution in [3.8, 4) is 11.5 Å². The van der Waals surface area contributed by atoms with E-state index in [2.05, 4.69) is 0 Å². The molecule has 0 aromatic heterocycles. The van der Waals surface area contributed by atoms with Gasteiger partial charge in [0.15, 0.2) is 17.6 Å². The van der Waals surface area contributed by atoms with Gasteiger partial charge in [0.2, 0.25) is 0 Å². The standard InChI is InChI=1S/C12H14F2O5/c1-12(13,14)7-5-9(19-3)8(18-2)4-6(7)10(15)11(16)17/h4-5,10,15H,1-3H3,(H,16,17). The molecule has 0 saturated carbocycles. The normalized spacial score (nSPS) is 12.9. The number of aliphatic hydroxyl groups is 1. The fourth-order valence-electron chi connectivity index (χ4n) is 1.63. The fourth-order valence-corrected chi connectivity index (χ4v) is 1.63. The lowest BCUT2D eigenvalue weighted by Gasteiger charge is -2.20. The number of carboxylic acids is 1. The molecular formula is C12H14F2O5. The SMILES string of the molecule is COc1cc(C(O)C(=O)O)c(C(C)(F)F)cc1OC. The second-order valence-electron chi connectivity index (χ2n) is 3.92. The Balaban J connectivity index is 3.53. The molecule has 7 heteroatoms. The predicted octanol–water partition coefficient (Wildman–Crippen LogP) is 1.93. The van der Waals surface area contributed by atoms with Crippen LogP contribution < -0.4 is 9.47 Å². The average molecular weight is 276 g/mol. The monoisotopic (exact) mass is 276 g/mol. The van der Waals surface area contributed by atoms with Crippen LogP contribution in [0.15, 0.2) is 12.1 Å².